The Labute approximate surface area is 154 Å². The molecule has 1 unspecified atom stereocenters. The number of likely N-dealkylation sites (tertiary alicyclic amines) is 1. The largest absolute Gasteiger partial charge is 0.358 e. The maximum atomic E-state index is 13.1. The van der Waals surface area contributed by atoms with Crippen molar-refractivity contribution in [1.82, 2.24) is 4.98 Å². The second kappa shape index (κ2) is 5.59. The summed E-state index contributed by atoms with van der Waals surface area (Å²) >= 11 is 6.12. The average molecular weight is 360 g/mol. The maximum Gasteiger partial charge on any atom is 0.198 e. The third-order valence-corrected chi connectivity index (χ3v) is 6.59. The van der Waals surface area contributed by atoms with Crippen molar-refractivity contribution in [3.63, 3.8) is 0 Å². The summed E-state index contributed by atoms with van der Waals surface area (Å²) in [5, 5.41) is 1.33. The second-order valence-electron chi connectivity index (χ2n) is 9.52. The van der Waals surface area contributed by atoms with Gasteiger partial charge >= 0.3 is 0 Å². The quantitative estimate of drug-likeness (QED) is 0.846. The molecular formula is C21H28ClN2O+. The molecule has 1 saturated carbocycles. The Hall–Kier alpha value is -1.32. The molecule has 3 atom stereocenters. The Morgan fingerprint density at radius 2 is 2.04 bits per heavy atom. The smallest absolute Gasteiger partial charge is 0.198 e. The molecule has 2 N–H and O–H groups in total. The van der Waals surface area contributed by atoms with Crippen LogP contribution in [0, 0.1) is 17.8 Å². The van der Waals surface area contributed by atoms with Crippen molar-refractivity contribution in [3.05, 3.63) is 44.7 Å². The van der Waals surface area contributed by atoms with E-state index in [1.165, 1.54) is 25.8 Å². The average Bonchev–Trinajstić information content (AvgIpc) is 2.73. The van der Waals surface area contributed by atoms with E-state index in [1.807, 2.05) is 19.1 Å². The molecule has 2 fully saturated rings. The Morgan fingerprint density at radius 3 is 2.80 bits per heavy atom. The monoisotopic (exact) mass is 359 g/mol. The first-order chi connectivity index (χ1) is 11.7. The minimum atomic E-state index is 0.145. The predicted molar refractivity (Wildman–Crippen MR) is 103 cm³/mol. The first-order valence-corrected chi connectivity index (χ1v) is 9.69. The molecule has 25 heavy (non-hydrogen) atoms. The van der Waals surface area contributed by atoms with E-state index in [9.17, 15) is 4.79 Å². The van der Waals surface area contributed by atoms with Gasteiger partial charge in [-0.05, 0) is 37.0 Å². The van der Waals surface area contributed by atoms with Gasteiger partial charge in [0, 0.05) is 39.9 Å². The number of pyridine rings is 1. The van der Waals surface area contributed by atoms with E-state index in [4.69, 9.17) is 11.6 Å². The van der Waals surface area contributed by atoms with E-state index in [-0.39, 0.29) is 5.43 Å². The summed E-state index contributed by atoms with van der Waals surface area (Å²) < 4.78 is 0. The number of aryl methyl sites for hydroxylation is 1. The van der Waals surface area contributed by atoms with E-state index in [0.29, 0.717) is 27.3 Å². The number of halogens is 1. The highest BCUT2D eigenvalue weighted by Gasteiger charge is 2.52. The maximum absolute atomic E-state index is 13.1. The SMILES string of the molecule is Cc1[nH]c2ccc(Cl)cc2c(=O)c1C[NH+]1C[C@@]2(C)C[C@@H]1CC(C)(C)C2. The first kappa shape index (κ1) is 17.1. The predicted octanol–water partition coefficient (Wildman–Crippen LogP) is 3.47. The summed E-state index contributed by atoms with van der Waals surface area (Å²) in [7, 11) is 0. The highest BCUT2D eigenvalue weighted by atomic mass is 35.5. The highest BCUT2D eigenvalue weighted by Crippen LogP contribution is 2.47. The molecule has 1 aliphatic heterocycles. The van der Waals surface area contributed by atoms with Gasteiger partial charge in [0.1, 0.15) is 6.54 Å². The third kappa shape index (κ3) is 3.02. The van der Waals surface area contributed by atoms with Crippen molar-refractivity contribution in [3.8, 4) is 0 Å². The van der Waals surface area contributed by atoms with Crippen molar-refractivity contribution >= 4 is 22.5 Å². The van der Waals surface area contributed by atoms with Crippen molar-refractivity contribution in [2.24, 2.45) is 10.8 Å². The van der Waals surface area contributed by atoms with Crippen LogP contribution in [0.4, 0.5) is 0 Å². The summed E-state index contributed by atoms with van der Waals surface area (Å²) in [4.78, 5) is 18.1. The Kier molecular flexibility index (Phi) is 3.82. The fourth-order valence-electron chi connectivity index (χ4n) is 5.82. The molecular weight excluding hydrogens is 332 g/mol. The number of fused-ring (bicyclic) bond motifs is 3. The second-order valence-corrected chi connectivity index (χ2v) is 9.95. The van der Waals surface area contributed by atoms with Gasteiger partial charge in [0.15, 0.2) is 5.43 Å². The molecule has 1 aromatic heterocycles. The van der Waals surface area contributed by atoms with E-state index in [2.05, 4.69) is 25.8 Å². The van der Waals surface area contributed by atoms with E-state index >= 15 is 0 Å². The van der Waals surface area contributed by atoms with Gasteiger partial charge in [0.2, 0.25) is 0 Å². The lowest BCUT2D eigenvalue weighted by atomic mass is 9.65. The highest BCUT2D eigenvalue weighted by molar-refractivity contribution is 6.31. The van der Waals surface area contributed by atoms with Crippen LogP contribution >= 0.6 is 11.6 Å². The molecule has 0 spiro atoms. The van der Waals surface area contributed by atoms with Crippen LogP contribution in [0.25, 0.3) is 10.9 Å². The van der Waals surface area contributed by atoms with Crippen molar-refractivity contribution in [2.75, 3.05) is 6.54 Å². The lowest BCUT2D eigenvalue weighted by Crippen LogP contribution is -3.12. The lowest BCUT2D eigenvalue weighted by Gasteiger charge is -2.37. The summed E-state index contributed by atoms with van der Waals surface area (Å²) in [5.74, 6) is 0. The fourth-order valence-corrected chi connectivity index (χ4v) is 5.99. The number of nitrogens with one attached hydrogen (secondary N) is 2. The van der Waals surface area contributed by atoms with Crippen LogP contribution in [0.2, 0.25) is 5.02 Å². The summed E-state index contributed by atoms with van der Waals surface area (Å²) in [6.07, 6.45) is 3.85. The van der Waals surface area contributed by atoms with Crippen LogP contribution in [0.5, 0.6) is 0 Å². The zero-order valence-corrected chi connectivity index (χ0v) is 16.4. The fraction of sp³-hybridized carbons (Fsp3) is 0.571. The number of hydrogen-bond acceptors (Lipinski definition) is 1. The molecule has 1 aromatic carbocycles. The van der Waals surface area contributed by atoms with Gasteiger partial charge in [0.05, 0.1) is 18.2 Å². The number of quaternary nitrogens is 1. The number of hydrogen-bond donors (Lipinski definition) is 2. The molecule has 4 heteroatoms. The van der Waals surface area contributed by atoms with Gasteiger partial charge in [0.25, 0.3) is 0 Å². The van der Waals surface area contributed by atoms with Gasteiger partial charge in [-0.15, -0.1) is 0 Å². The number of aromatic amines is 1. The normalized spacial score (nSPS) is 30.8. The van der Waals surface area contributed by atoms with Crippen LogP contribution in [0.1, 0.15) is 51.3 Å². The third-order valence-electron chi connectivity index (χ3n) is 6.35. The molecule has 134 valence electrons. The van der Waals surface area contributed by atoms with Gasteiger partial charge in [-0.1, -0.05) is 32.4 Å². The number of benzene rings is 1. The number of H-pyrrole nitrogens is 1. The standard InChI is InChI=1S/C21H27ClN2O/c1-13-17(19(25)16-7-14(22)5-6-18(16)23-13)10-24-12-21(4)9-15(24)8-20(2,3)11-21/h5-7,15H,8-12H2,1-4H3,(H,23,25)/p+1/t15-,21-/m0/s1. The number of aromatic nitrogens is 1. The van der Waals surface area contributed by atoms with Crippen LogP contribution in [-0.2, 0) is 6.54 Å². The Balaban J connectivity index is 1.71. The molecule has 1 saturated heterocycles. The van der Waals surface area contributed by atoms with E-state index in [0.717, 1.165) is 23.3 Å². The summed E-state index contributed by atoms with van der Waals surface area (Å²) in [6, 6.07) is 6.19. The van der Waals surface area contributed by atoms with Gasteiger partial charge in [-0.3, -0.25) is 4.79 Å². The number of rotatable bonds is 2. The van der Waals surface area contributed by atoms with Crippen LogP contribution in [0.15, 0.2) is 23.0 Å². The first-order valence-electron chi connectivity index (χ1n) is 9.31. The topological polar surface area (TPSA) is 37.3 Å². The molecule has 4 rings (SSSR count). The Bertz CT molecular complexity index is 901. The molecule has 0 radical (unpaired) electrons. The van der Waals surface area contributed by atoms with Crippen molar-refractivity contribution in [1.29, 1.82) is 0 Å². The minimum Gasteiger partial charge on any atom is -0.358 e. The van der Waals surface area contributed by atoms with Gasteiger partial charge in [-0.25, -0.2) is 0 Å². The van der Waals surface area contributed by atoms with Crippen molar-refractivity contribution < 1.29 is 4.90 Å². The van der Waals surface area contributed by atoms with E-state index in [1.54, 1.807) is 11.0 Å². The van der Waals surface area contributed by atoms with Gasteiger partial charge < -0.3 is 9.88 Å². The molecule has 2 bridgehead atoms. The van der Waals surface area contributed by atoms with Crippen molar-refractivity contribution in [2.45, 2.75) is 59.5 Å². The van der Waals surface area contributed by atoms with Crippen LogP contribution < -0.4 is 10.3 Å². The zero-order valence-electron chi connectivity index (χ0n) is 15.6. The summed E-state index contributed by atoms with van der Waals surface area (Å²) in [6.45, 7) is 11.3. The lowest BCUT2D eigenvalue weighted by molar-refractivity contribution is -0.928. The van der Waals surface area contributed by atoms with E-state index < -0.39 is 0 Å². The molecule has 2 heterocycles. The molecule has 2 aromatic rings. The van der Waals surface area contributed by atoms with Crippen LogP contribution in [-0.4, -0.2) is 17.6 Å². The summed E-state index contributed by atoms with van der Waals surface area (Å²) in [5.41, 5.74) is 3.78. The molecule has 0 amide bonds. The van der Waals surface area contributed by atoms with Crippen LogP contribution in [0.3, 0.4) is 0 Å². The zero-order chi connectivity index (χ0) is 18.0. The van der Waals surface area contributed by atoms with Gasteiger partial charge in [-0.2, -0.15) is 0 Å². The Morgan fingerprint density at radius 1 is 1.28 bits per heavy atom. The molecule has 3 nitrogen and oxygen atoms in total. The molecule has 2 aliphatic rings. The molecule has 1 aliphatic carbocycles. The minimum absolute atomic E-state index is 0.145.